The van der Waals surface area contributed by atoms with Crippen LogP contribution in [0.5, 0.6) is 0 Å². The van der Waals surface area contributed by atoms with Gasteiger partial charge in [0.15, 0.2) is 0 Å². The third-order valence-corrected chi connectivity index (χ3v) is 3.98. The molecule has 1 aromatic rings. The third-order valence-electron chi connectivity index (χ3n) is 3.98. The van der Waals surface area contributed by atoms with Crippen molar-refractivity contribution in [3.8, 4) is 0 Å². The van der Waals surface area contributed by atoms with Gasteiger partial charge in [-0.3, -0.25) is 0 Å². The second-order valence-electron chi connectivity index (χ2n) is 6.38. The highest BCUT2D eigenvalue weighted by Gasteiger charge is 2.24. The zero-order chi connectivity index (χ0) is 14.6. The lowest BCUT2D eigenvalue weighted by atomic mass is 9.87. The van der Waals surface area contributed by atoms with Crippen molar-refractivity contribution in [2.24, 2.45) is 5.41 Å². The van der Waals surface area contributed by atoms with E-state index in [-0.39, 0.29) is 5.41 Å². The highest BCUT2D eigenvalue weighted by atomic mass is 15.2. The van der Waals surface area contributed by atoms with Crippen molar-refractivity contribution < 1.29 is 0 Å². The molecule has 0 aliphatic heterocycles. The summed E-state index contributed by atoms with van der Waals surface area (Å²) >= 11 is 0. The van der Waals surface area contributed by atoms with Gasteiger partial charge in [0.2, 0.25) is 0 Å². The second-order valence-corrected chi connectivity index (χ2v) is 6.38. The zero-order valence-electron chi connectivity index (χ0n) is 13.5. The minimum absolute atomic E-state index is 0.236. The molecule has 0 saturated heterocycles. The van der Waals surface area contributed by atoms with Crippen LogP contribution in [0.15, 0.2) is 18.3 Å². The van der Waals surface area contributed by atoms with Gasteiger partial charge in [0.1, 0.15) is 5.82 Å². The summed E-state index contributed by atoms with van der Waals surface area (Å²) in [6, 6.07) is 5.08. The summed E-state index contributed by atoms with van der Waals surface area (Å²) in [6.07, 6.45) is 1.91. The van der Waals surface area contributed by atoms with E-state index >= 15 is 0 Å². The fourth-order valence-corrected chi connectivity index (χ4v) is 2.10. The first kappa shape index (κ1) is 16.0. The Kier molecular flexibility index (Phi) is 5.36. The van der Waals surface area contributed by atoms with E-state index in [9.17, 15) is 0 Å². The summed E-state index contributed by atoms with van der Waals surface area (Å²) in [7, 11) is 2.12. The van der Waals surface area contributed by atoms with Crippen molar-refractivity contribution >= 4 is 5.82 Å². The SMILES string of the molecule is CCNC(C)c1ccnc(N(C)C(C)C(C)(C)C)c1. The van der Waals surface area contributed by atoms with Crippen LogP contribution in [-0.4, -0.2) is 24.6 Å². The zero-order valence-corrected chi connectivity index (χ0v) is 13.5. The lowest BCUT2D eigenvalue weighted by molar-refractivity contribution is 0.328. The number of rotatable bonds is 5. The third kappa shape index (κ3) is 4.20. The number of hydrogen-bond acceptors (Lipinski definition) is 3. The van der Waals surface area contributed by atoms with Gasteiger partial charge < -0.3 is 10.2 Å². The van der Waals surface area contributed by atoms with E-state index in [2.05, 4.69) is 75.9 Å². The second kappa shape index (κ2) is 6.38. The maximum Gasteiger partial charge on any atom is 0.128 e. The molecule has 0 spiro atoms. The van der Waals surface area contributed by atoms with E-state index in [4.69, 9.17) is 0 Å². The van der Waals surface area contributed by atoms with Crippen LogP contribution in [0.4, 0.5) is 5.82 Å². The molecule has 108 valence electrons. The van der Waals surface area contributed by atoms with Crippen molar-refractivity contribution in [3.05, 3.63) is 23.9 Å². The number of anilines is 1. The standard InChI is InChI=1S/C16H29N3/c1-8-17-12(2)14-9-10-18-15(11-14)19(7)13(3)16(4,5)6/h9-13,17H,8H2,1-7H3. The molecule has 0 aliphatic rings. The van der Waals surface area contributed by atoms with Crippen LogP contribution in [0.25, 0.3) is 0 Å². The first-order valence-electron chi connectivity index (χ1n) is 7.19. The van der Waals surface area contributed by atoms with E-state index in [0.29, 0.717) is 12.1 Å². The first-order valence-corrected chi connectivity index (χ1v) is 7.19. The predicted octanol–water partition coefficient (Wildman–Crippen LogP) is 3.62. The Morgan fingerprint density at radius 1 is 1.32 bits per heavy atom. The monoisotopic (exact) mass is 263 g/mol. The molecule has 2 unspecified atom stereocenters. The average Bonchev–Trinajstić information content (AvgIpc) is 2.36. The molecular weight excluding hydrogens is 234 g/mol. The van der Waals surface area contributed by atoms with Gasteiger partial charge in [-0.2, -0.15) is 0 Å². The highest BCUT2D eigenvalue weighted by Crippen LogP contribution is 2.27. The number of pyridine rings is 1. The lowest BCUT2D eigenvalue weighted by Gasteiger charge is -2.36. The number of hydrogen-bond donors (Lipinski definition) is 1. The summed E-state index contributed by atoms with van der Waals surface area (Å²) in [5, 5.41) is 3.44. The molecule has 0 aromatic carbocycles. The maximum absolute atomic E-state index is 4.51. The molecule has 0 bridgehead atoms. The van der Waals surface area contributed by atoms with Crippen LogP contribution in [0.1, 0.15) is 53.1 Å². The Morgan fingerprint density at radius 3 is 2.47 bits per heavy atom. The van der Waals surface area contributed by atoms with Crippen LogP contribution in [0.2, 0.25) is 0 Å². The Bertz CT molecular complexity index is 395. The normalized spacial score (nSPS) is 15.1. The largest absolute Gasteiger partial charge is 0.356 e. The average molecular weight is 263 g/mol. The van der Waals surface area contributed by atoms with Crippen LogP contribution in [0, 0.1) is 5.41 Å². The maximum atomic E-state index is 4.51. The molecule has 1 rings (SSSR count). The highest BCUT2D eigenvalue weighted by molar-refractivity contribution is 5.42. The summed E-state index contributed by atoms with van der Waals surface area (Å²) in [5.74, 6) is 1.05. The molecule has 0 saturated carbocycles. The van der Waals surface area contributed by atoms with Gasteiger partial charge in [-0.1, -0.05) is 27.7 Å². The molecule has 0 amide bonds. The molecule has 1 heterocycles. The number of nitrogens with zero attached hydrogens (tertiary/aromatic N) is 2. The molecule has 19 heavy (non-hydrogen) atoms. The van der Waals surface area contributed by atoms with Crippen molar-refractivity contribution in [1.29, 1.82) is 0 Å². The summed E-state index contributed by atoms with van der Waals surface area (Å²) in [6.45, 7) is 14.3. The van der Waals surface area contributed by atoms with Crippen molar-refractivity contribution in [3.63, 3.8) is 0 Å². The van der Waals surface area contributed by atoms with Crippen molar-refractivity contribution in [1.82, 2.24) is 10.3 Å². The van der Waals surface area contributed by atoms with Crippen molar-refractivity contribution in [2.45, 2.75) is 53.6 Å². The van der Waals surface area contributed by atoms with E-state index in [1.807, 2.05) is 6.20 Å². The topological polar surface area (TPSA) is 28.2 Å². The number of aromatic nitrogens is 1. The van der Waals surface area contributed by atoms with Gasteiger partial charge in [-0.05, 0) is 43.5 Å². The van der Waals surface area contributed by atoms with Crippen LogP contribution in [-0.2, 0) is 0 Å². The van der Waals surface area contributed by atoms with E-state index in [0.717, 1.165) is 12.4 Å². The quantitative estimate of drug-likeness (QED) is 0.879. The van der Waals surface area contributed by atoms with E-state index in [1.165, 1.54) is 5.56 Å². The van der Waals surface area contributed by atoms with Crippen LogP contribution in [0.3, 0.4) is 0 Å². The molecule has 0 radical (unpaired) electrons. The van der Waals surface area contributed by atoms with Crippen molar-refractivity contribution in [2.75, 3.05) is 18.5 Å². The van der Waals surface area contributed by atoms with Gasteiger partial charge in [0.05, 0.1) is 0 Å². The summed E-state index contributed by atoms with van der Waals surface area (Å²) in [5.41, 5.74) is 1.53. The smallest absolute Gasteiger partial charge is 0.128 e. The minimum atomic E-state index is 0.236. The van der Waals surface area contributed by atoms with E-state index in [1.54, 1.807) is 0 Å². The first-order chi connectivity index (χ1) is 8.77. The fraction of sp³-hybridized carbons (Fsp3) is 0.688. The summed E-state index contributed by atoms with van der Waals surface area (Å²) < 4.78 is 0. The van der Waals surface area contributed by atoms with E-state index < -0.39 is 0 Å². The van der Waals surface area contributed by atoms with Gasteiger partial charge in [0, 0.05) is 25.3 Å². The van der Waals surface area contributed by atoms with Crippen LogP contribution >= 0.6 is 0 Å². The number of nitrogens with one attached hydrogen (secondary N) is 1. The molecule has 1 N–H and O–H groups in total. The summed E-state index contributed by atoms with van der Waals surface area (Å²) in [4.78, 5) is 6.78. The Labute approximate surface area is 118 Å². The van der Waals surface area contributed by atoms with Gasteiger partial charge in [-0.25, -0.2) is 4.98 Å². The van der Waals surface area contributed by atoms with Gasteiger partial charge >= 0.3 is 0 Å². The molecule has 2 atom stereocenters. The molecule has 0 aliphatic carbocycles. The molecule has 0 fully saturated rings. The predicted molar refractivity (Wildman–Crippen MR) is 83.6 cm³/mol. The lowest BCUT2D eigenvalue weighted by Crippen LogP contribution is -2.39. The molecular formula is C16H29N3. The van der Waals surface area contributed by atoms with Gasteiger partial charge in [-0.15, -0.1) is 0 Å². The Morgan fingerprint density at radius 2 is 1.95 bits per heavy atom. The van der Waals surface area contributed by atoms with Crippen LogP contribution < -0.4 is 10.2 Å². The fourth-order valence-electron chi connectivity index (χ4n) is 2.10. The molecule has 3 heteroatoms. The van der Waals surface area contributed by atoms with Gasteiger partial charge in [0.25, 0.3) is 0 Å². The molecule has 1 aromatic heterocycles. The minimum Gasteiger partial charge on any atom is -0.356 e. The Hall–Kier alpha value is -1.09. The molecule has 3 nitrogen and oxygen atoms in total. The Balaban J connectivity index is 2.93.